The maximum absolute atomic E-state index is 11.0. The van der Waals surface area contributed by atoms with Crippen LogP contribution in [0.25, 0.3) is 0 Å². The quantitative estimate of drug-likeness (QED) is 0.650. The molecule has 1 heterocycles. The van der Waals surface area contributed by atoms with Gasteiger partial charge in [0.25, 0.3) is 0 Å². The van der Waals surface area contributed by atoms with Gasteiger partial charge in [0.2, 0.25) is 5.43 Å². The number of hydrogen-bond donors (Lipinski definition) is 2. The van der Waals surface area contributed by atoms with Gasteiger partial charge in [0.1, 0.15) is 5.69 Å². The van der Waals surface area contributed by atoms with E-state index in [4.69, 9.17) is 5.11 Å². The van der Waals surface area contributed by atoms with Crippen molar-refractivity contribution >= 4 is 15.4 Å². The Bertz CT molecular complexity index is 359. The number of carboxylic acid groups (broad SMARTS) is 1. The number of carbonyl (C=O) groups is 1. The average Bonchev–Trinajstić information content (AvgIpc) is 2.04. The summed E-state index contributed by atoms with van der Waals surface area (Å²) in [6.45, 7) is 0. The van der Waals surface area contributed by atoms with Crippen molar-refractivity contribution in [3.8, 4) is 5.75 Å². The fraction of sp³-hybridized carbons (Fsp3) is 0. The zero-order chi connectivity index (χ0) is 9.14. The van der Waals surface area contributed by atoms with Crippen molar-refractivity contribution in [1.29, 1.82) is 0 Å². The molecule has 0 aliphatic heterocycles. The van der Waals surface area contributed by atoms with Gasteiger partial charge in [-0.15, -0.1) is 0 Å². The van der Waals surface area contributed by atoms with Crippen molar-refractivity contribution < 1.29 is 14.4 Å². The lowest BCUT2D eigenvalue weighted by atomic mass is 10.3. The highest BCUT2D eigenvalue weighted by atomic mass is 31.0. The third-order valence-corrected chi connectivity index (χ3v) is 1.49. The molecule has 0 radical (unpaired) electrons. The van der Waals surface area contributed by atoms with Gasteiger partial charge in [0.05, 0.1) is 9.47 Å². The predicted molar refractivity (Wildman–Crippen MR) is 44.4 cm³/mol. The van der Waals surface area contributed by atoms with E-state index in [1.54, 1.807) is 0 Å². The largest absolute Gasteiger partial charge is 0.477 e. The van der Waals surface area contributed by atoms with E-state index in [1.165, 1.54) is 6.20 Å². The molecular formula is C6H6NO4P. The molecule has 2 N–H and O–H groups in total. The Kier molecular flexibility index (Phi) is 2.45. The minimum absolute atomic E-state index is 0.0602. The Morgan fingerprint density at radius 1 is 1.67 bits per heavy atom. The molecule has 1 aromatic rings. The van der Waals surface area contributed by atoms with Crippen LogP contribution in [0, 0.1) is 0 Å². The van der Waals surface area contributed by atoms with Crippen LogP contribution in [-0.2, 0) is 0 Å². The van der Waals surface area contributed by atoms with Gasteiger partial charge in [-0.05, 0) is 0 Å². The summed E-state index contributed by atoms with van der Waals surface area (Å²) in [5.74, 6) is -1.12. The van der Waals surface area contributed by atoms with Crippen molar-refractivity contribution in [2.45, 2.75) is 0 Å². The van der Waals surface area contributed by atoms with Crippen LogP contribution in [-0.4, -0.2) is 16.1 Å². The van der Waals surface area contributed by atoms with E-state index in [0.717, 1.165) is 6.07 Å². The first kappa shape index (κ1) is 8.74. The number of rotatable bonds is 2. The summed E-state index contributed by atoms with van der Waals surface area (Å²) in [6.07, 6.45) is 1.19. The van der Waals surface area contributed by atoms with Gasteiger partial charge in [0, 0.05) is 12.3 Å². The molecule has 12 heavy (non-hydrogen) atoms. The smallest absolute Gasteiger partial charge is 0.352 e. The third kappa shape index (κ3) is 1.62. The second-order valence-corrected chi connectivity index (χ2v) is 2.23. The maximum atomic E-state index is 11.0. The Hall–Kier alpha value is -1.35. The van der Waals surface area contributed by atoms with Crippen LogP contribution in [0.3, 0.4) is 0 Å². The van der Waals surface area contributed by atoms with E-state index in [9.17, 15) is 9.59 Å². The first-order valence-corrected chi connectivity index (χ1v) is 3.45. The van der Waals surface area contributed by atoms with Crippen molar-refractivity contribution in [3.63, 3.8) is 0 Å². The van der Waals surface area contributed by atoms with Gasteiger partial charge in [-0.3, -0.25) is 4.79 Å². The van der Waals surface area contributed by atoms with Gasteiger partial charge in [-0.2, -0.15) is 0 Å². The first-order valence-electron chi connectivity index (χ1n) is 2.98. The predicted octanol–water partition coefficient (Wildman–Crippen LogP) is 0.242. The van der Waals surface area contributed by atoms with Crippen LogP contribution in [0.5, 0.6) is 5.75 Å². The average molecular weight is 187 g/mol. The second-order valence-electron chi connectivity index (χ2n) is 2.00. The highest BCUT2D eigenvalue weighted by molar-refractivity contribution is 7.10. The van der Waals surface area contributed by atoms with E-state index >= 15 is 0 Å². The summed E-state index contributed by atoms with van der Waals surface area (Å²) in [7, 11) is 1.90. The summed E-state index contributed by atoms with van der Waals surface area (Å²) in [5, 5.41) is 8.46. The highest BCUT2D eigenvalue weighted by Crippen LogP contribution is 2.04. The Labute approximate surface area is 69.7 Å². The first-order chi connectivity index (χ1) is 5.65. The molecular weight excluding hydrogens is 181 g/mol. The number of aromatic carboxylic acids is 1. The number of pyridine rings is 1. The Morgan fingerprint density at radius 2 is 2.33 bits per heavy atom. The van der Waals surface area contributed by atoms with Crippen LogP contribution in [0.1, 0.15) is 10.5 Å². The molecule has 1 rings (SSSR count). The van der Waals surface area contributed by atoms with Crippen molar-refractivity contribution in [3.05, 3.63) is 28.2 Å². The lowest BCUT2D eigenvalue weighted by Crippen LogP contribution is -2.09. The molecule has 0 fully saturated rings. The molecule has 0 aromatic carbocycles. The summed E-state index contributed by atoms with van der Waals surface area (Å²) in [4.78, 5) is 23.7. The summed E-state index contributed by atoms with van der Waals surface area (Å²) in [6, 6.07) is 0.960. The second kappa shape index (κ2) is 3.36. The van der Waals surface area contributed by atoms with E-state index in [2.05, 4.69) is 9.51 Å². The van der Waals surface area contributed by atoms with Gasteiger partial charge in [0.15, 0.2) is 5.75 Å². The Morgan fingerprint density at radius 3 is 2.75 bits per heavy atom. The molecule has 0 bridgehead atoms. The zero-order valence-corrected chi connectivity index (χ0v) is 7.06. The summed E-state index contributed by atoms with van der Waals surface area (Å²) in [5.41, 5.74) is -0.632. The molecule has 6 heteroatoms. The van der Waals surface area contributed by atoms with E-state index in [-0.39, 0.29) is 11.4 Å². The number of hydrogen-bond acceptors (Lipinski definition) is 3. The lowest BCUT2D eigenvalue weighted by molar-refractivity contribution is 0.0690. The van der Waals surface area contributed by atoms with Crippen LogP contribution in [0.4, 0.5) is 0 Å². The molecule has 0 aliphatic carbocycles. The molecule has 1 atom stereocenters. The maximum Gasteiger partial charge on any atom is 0.352 e. The van der Waals surface area contributed by atoms with Gasteiger partial charge < -0.3 is 14.6 Å². The molecule has 64 valence electrons. The van der Waals surface area contributed by atoms with Gasteiger partial charge >= 0.3 is 5.97 Å². The van der Waals surface area contributed by atoms with Crippen LogP contribution in [0.15, 0.2) is 17.1 Å². The van der Waals surface area contributed by atoms with E-state index in [1.807, 2.05) is 9.47 Å². The van der Waals surface area contributed by atoms with Crippen molar-refractivity contribution in [1.82, 2.24) is 4.98 Å². The van der Waals surface area contributed by atoms with Crippen LogP contribution >= 0.6 is 9.47 Å². The number of aromatic amines is 1. The Balaban J connectivity index is 3.19. The molecule has 1 unspecified atom stereocenters. The normalized spacial score (nSPS) is 9.42. The number of carboxylic acids is 1. The van der Waals surface area contributed by atoms with Gasteiger partial charge in [-0.1, -0.05) is 0 Å². The van der Waals surface area contributed by atoms with Gasteiger partial charge in [-0.25, -0.2) is 4.79 Å². The minimum atomic E-state index is -1.18. The molecule has 0 saturated carbocycles. The molecule has 0 aliphatic rings. The fourth-order valence-electron chi connectivity index (χ4n) is 0.674. The molecule has 0 amide bonds. The summed E-state index contributed by atoms with van der Waals surface area (Å²) < 4.78 is 4.56. The monoisotopic (exact) mass is 187 g/mol. The fourth-order valence-corrected chi connectivity index (χ4v) is 0.858. The standard InChI is InChI=1S/C6H6NO4P/c8-4-1-3(6(9)10)7-2-5(4)11-12/h1-2H,12H2,(H,7,8)(H,9,10). The summed E-state index contributed by atoms with van der Waals surface area (Å²) >= 11 is 0. The number of aromatic nitrogens is 1. The van der Waals surface area contributed by atoms with E-state index in [0.29, 0.717) is 0 Å². The third-order valence-electron chi connectivity index (χ3n) is 1.23. The SMILES string of the molecule is O=C(O)c1cc(=O)c(OP)c[nH]1. The molecule has 0 spiro atoms. The van der Waals surface area contributed by atoms with Crippen molar-refractivity contribution in [2.24, 2.45) is 0 Å². The van der Waals surface area contributed by atoms with Crippen molar-refractivity contribution in [2.75, 3.05) is 0 Å². The number of H-pyrrole nitrogens is 1. The van der Waals surface area contributed by atoms with E-state index < -0.39 is 11.4 Å². The van der Waals surface area contributed by atoms with Crippen LogP contribution in [0.2, 0.25) is 0 Å². The highest BCUT2D eigenvalue weighted by Gasteiger charge is 2.05. The minimum Gasteiger partial charge on any atom is -0.477 e. The number of nitrogens with one attached hydrogen (secondary N) is 1. The zero-order valence-electron chi connectivity index (χ0n) is 5.90. The lowest BCUT2D eigenvalue weighted by Gasteiger charge is -1.97. The molecule has 5 nitrogen and oxygen atoms in total. The van der Waals surface area contributed by atoms with Crippen LogP contribution < -0.4 is 9.95 Å². The topological polar surface area (TPSA) is 79.4 Å². The molecule has 0 saturated heterocycles. The molecule has 1 aromatic heterocycles.